The van der Waals surface area contributed by atoms with Crippen LogP contribution < -0.4 is 5.73 Å². The van der Waals surface area contributed by atoms with Gasteiger partial charge in [-0.15, -0.1) is 10.2 Å². The zero-order valence-corrected chi connectivity index (χ0v) is 14.4. The Kier molecular flexibility index (Phi) is 5.11. The molecule has 2 atom stereocenters. The number of nitrogens with two attached hydrogens (primary N) is 1. The largest absolute Gasteiger partial charge is 0.337 e. The van der Waals surface area contributed by atoms with E-state index >= 15 is 0 Å². The maximum atomic E-state index is 12.6. The molecule has 1 fully saturated rings. The molecule has 2 heterocycles. The van der Waals surface area contributed by atoms with Crippen molar-refractivity contribution in [1.29, 1.82) is 0 Å². The number of piperidine rings is 1. The van der Waals surface area contributed by atoms with Crippen LogP contribution in [-0.2, 0) is 11.3 Å². The average molecular weight is 349 g/mol. The van der Waals surface area contributed by atoms with Gasteiger partial charge in [0.2, 0.25) is 11.7 Å². The Bertz CT molecular complexity index is 699. The van der Waals surface area contributed by atoms with Gasteiger partial charge in [0.25, 0.3) is 0 Å². The smallest absolute Gasteiger partial charge is 0.246 e. The molecule has 1 aliphatic rings. The van der Waals surface area contributed by atoms with Crippen molar-refractivity contribution in [3.63, 3.8) is 0 Å². The number of tetrazole rings is 1. The molecule has 128 valence electrons. The Morgan fingerprint density at radius 3 is 2.83 bits per heavy atom. The third-order valence-electron chi connectivity index (χ3n) is 4.31. The Labute approximate surface area is 145 Å². The quantitative estimate of drug-likeness (QED) is 0.908. The topological polar surface area (TPSA) is 89.9 Å². The fraction of sp³-hybridized carbons (Fsp3) is 0.500. The lowest BCUT2D eigenvalue weighted by atomic mass is 9.97. The summed E-state index contributed by atoms with van der Waals surface area (Å²) in [4.78, 5) is 15.8. The Hall–Kier alpha value is -1.99. The summed E-state index contributed by atoms with van der Waals surface area (Å²) in [6.45, 7) is 2.76. The molecule has 0 radical (unpaired) electrons. The zero-order chi connectivity index (χ0) is 17.1. The molecule has 1 aromatic heterocycles. The van der Waals surface area contributed by atoms with Gasteiger partial charge >= 0.3 is 0 Å². The van der Waals surface area contributed by atoms with Crippen molar-refractivity contribution < 1.29 is 4.79 Å². The van der Waals surface area contributed by atoms with Gasteiger partial charge in [-0.1, -0.05) is 11.6 Å². The second-order valence-electron chi connectivity index (χ2n) is 6.16. The van der Waals surface area contributed by atoms with Gasteiger partial charge in [0, 0.05) is 29.2 Å². The maximum absolute atomic E-state index is 12.6. The molecular weight excluding hydrogens is 328 g/mol. The molecule has 2 aromatic rings. The van der Waals surface area contributed by atoms with Gasteiger partial charge in [-0.2, -0.15) is 4.80 Å². The van der Waals surface area contributed by atoms with Crippen molar-refractivity contribution in [2.75, 3.05) is 6.54 Å². The van der Waals surface area contributed by atoms with Crippen LogP contribution in [0.15, 0.2) is 24.3 Å². The van der Waals surface area contributed by atoms with E-state index in [1.54, 1.807) is 12.1 Å². The van der Waals surface area contributed by atoms with Crippen LogP contribution >= 0.6 is 11.6 Å². The highest BCUT2D eigenvalue weighted by Gasteiger charge is 2.29. The maximum Gasteiger partial charge on any atom is 0.246 e. The summed E-state index contributed by atoms with van der Waals surface area (Å²) < 4.78 is 0. The van der Waals surface area contributed by atoms with Gasteiger partial charge in [-0.3, -0.25) is 4.79 Å². The summed E-state index contributed by atoms with van der Waals surface area (Å²) in [5.41, 5.74) is 6.84. The van der Waals surface area contributed by atoms with Crippen LogP contribution in [0.3, 0.4) is 0 Å². The molecule has 0 saturated carbocycles. The normalized spacial score (nSPS) is 19.3. The van der Waals surface area contributed by atoms with Gasteiger partial charge in [0.15, 0.2) is 0 Å². The summed E-state index contributed by atoms with van der Waals surface area (Å²) in [6, 6.07) is 7.23. The van der Waals surface area contributed by atoms with E-state index in [4.69, 9.17) is 17.3 Å². The molecule has 0 aliphatic carbocycles. The van der Waals surface area contributed by atoms with Crippen molar-refractivity contribution in [3.8, 4) is 11.4 Å². The summed E-state index contributed by atoms with van der Waals surface area (Å²) in [5.74, 6) is 0.457. The molecule has 1 aliphatic heterocycles. The summed E-state index contributed by atoms with van der Waals surface area (Å²) in [6.07, 6.45) is 3.07. The van der Waals surface area contributed by atoms with E-state index in [0.717, 1.165) is 31.4 Å². The molecule has 24 heavy (non-hydrogen) atoms. The Morgan fingerprint density at radius 1 is 1.38 bits per heavy atom. The lowest BCUT2D eigenvalue weighted by Crippen LogP contribution is -2.52. The van der Waals surface area contributed by atoms with E-state index in [1.165, 1.54) is 4.80 Å². The van der Waals surface area contributed by atoms with Crippen LogP contribution in [0.1, 0.15) is 26.2 Å². The Morgan fingerprint density at radius 2 is 2.12 bits per heavy atom. The molecule has 0 bridgehead atoms. The van der Waals surface area contributed by atoms with Crippen molar-refractivity contribution in [3.05, 3.63) is 29.3 Å². The predicted molar refractivity (Wildman–Crippen MR) is 91.3 cm³/mol. The van der Waals surface area contributed by atoms with Crippen LogP contribution in [0.4, 0.5) is 0 Å². The van der Waals surface area contributed by atoms with Gasteiger partial charge in [-0.25, -0.2) is 0 Å². The molecule has 2 N–H and O–H groups in total. The first-order valence-corrected chi connectivity index (χ1v) is 8.51. The zero-order valence-electron chi connectivity index (χ0n) is 13.6. The number of amides is 1. The highest BCUT2D eigenvalue weighted by Crippen LogP contribution is 2.20. The number of likely N-dealkylation sites (tertiary alicyclic amines) is 1. The first-order chi connectivity index (χ1) is 11.5. The van der Waals surface area contributed by atoms with E-state index < -0.39 is 0 Å². The number of rotatable bonds is 4. The minimum atomic E-state index is -0.0393. The van der Waals surface area contributed by atoms with Gasteiger partial charge in [0.05, 0.1) is 0 Å². The third kappa shape index (κ3) is 3.73. The molecule has 1 amide bonds. The van der Waals surface area contributed by atoms with Crippen molar-refractivity contribution in [2.24, 2.45) is 5.73 Å². The predicted octanol–water partition coefficient (Wildman–Crippen LogP) is 1.72. The van der Waals surface area contributed by atoms with Gasteiger partial charge in [-0.05, 0) is 55.7 Å². The lowest BCUT2D eigenvalue weighted by Gasteiger charge is -2.37. The van der Waals surface area contributed by atoms with Crippen molar-refractivity contribution in [2.45, 2.75) is 44.8 Å². The Balaban J connectivity index is 1.69. The van der Waals surface area contributed by atoms with Crippen LogP contribution in [0, 0.1) is 0 Å². The van der Waals surface area contributed by atoms with E-state index in [1.807, 2.05) is 24.0 Å². The summed E-state index contributed by atoms with van der Waals surface area (Å²) in [7, 11) is 0. The molecular formula is C16H21ClN6O. The third-order valence-corrected chi connectivity index (χ3v) is 4.56. The monoisotopic (exact) mass is 348 g/mol. The van der Waals surface area contributed by atoms with Crippen LogP contribution in [-0.4, -0.2) is 49.6 Å². The molecule has 7 nitrogen and oxygen atoms in total. The number of carbonyl (C=O) groups is 1. The van der Waals surface area contributed by atoms with Gasteiger partial charge in [0.1, 0.15) is 6.54 Å². The van der Waals surface area contributed by atoms with E-state index in [-0.39, 0.29) is 24.5 Å². The van der Waals surface area contributed by atoms with E-state index in [9.17, 15) is 4.79 Å². The number of benzene rings is 1. The molecule has 1 saturated heterocycles. The van der Waals surface area contributed by atoms with Gasteiger partial charge < -0.3 is 10.6 Å². The fourth-order valence-electron chi connectivity index (χ4n) is 3.05. The van der Waals surface area contributed by atoms with Crippen LogP contribution in [0.5, 0.6) is 0 Å². The lowest BCUT2D eigenvalue weighted by molar-refractivity contribution is -0.136. The minimum Gasteiger partial charge on any atom is -0.337 e. The molecule has 2 unspecified atom stereocenters. The van der Waals surface area contributed by atoms with Crippen LogP contribution in [0.25, 0.3) is 11.4 Å². The standard InChI is InChI=1S/C16H21ClN6O/c1-11(18)14-4-2-3-9-22(14)15(24)10-23-20-16(19-21-23)12-5-7-13(17)8-6-12/h5-8,11,14H,2-4,9-10,18H2,1H3. The SMILES string of the molecule is CC(N)C1CCCCN1C(=O)Cn1nnc(-c2ccc(Cl)cc2)n1. The molecule has 3 rings (SSSR count). The highest BCUT2D eigenvalue weighted by molar-refractivity contribution is 6.30. The number of carbonyl (C=O) groups excluding carboxylic acids is 1. The highest BCUT2D eigenvalue weighted by atomic mass is 35.5. The fourth-order valence-corrected chi connectivity index (χ4v) is 3.18. The number of aromatic nitrogens is 4. The number of halogens is 1. The molecule has 8 heteroatoms. The van der Waals surface area contributed by atoms with Crippen molar-refractivity contribution >= 4 is 17.5 Å². The number of hydrogen-bond acceptors (Lipinski definition) is 5. The van der Waals surface area contributed by atoms with Crippen LogP contribution in [0.2, 0.25) is 5.02 Å². The van der Waals surface area contributed by atoms with Crippen molar-refractivity contribution in [1.82, 2.24) is 25.1 Å². The second kappa shape index (κ2) is 7.27. The number of nitrogens with zero attached hydrogens (tertiary/aromatic N) is 5. The molecule has 1 aromatic carbocycles. The number of hydrogen-bond donors (Lipinski definition) is 1. The first kappa shape index (κ1) is 16.9. The summed E-state index contributed by atoms with van der Waals surface area (Å²) in [5, 5.41) is 12.9. The summed E-state index contributed by atoms with van der Waals surface area (Å²) >= 11 is 5.88. The first-order valence-electron chi connectivity index (χ1n) is 8.13. The van der Waals surface area contributed by atoms with E-state index in [2.05, 4.69) is 15.4 Å². The molecule has 0 spiro atoms. The minimum absolute atomic E-state index is 0.0166. The van der Waals surface area contributed by atoms with E-state index in [0.29, 0.717) is 10.8 Å². The average Bonchev–Trinajstić information content (AvgIpc) is 3.04. The second-order valence-corrected chi connectivity index (χ2v) is 6.60.